The van der Waals surface area contributed by atoms with E-state index in [9.17, 15) is 5.11 Å². The zero-order valence-electron chi connectivity index (χ0n) is 12.1. The van der Waals surface area contributed by atoms with Crippen molar-refractivity contribution in [2.75, 3.05) is 0 Å². The molecule has 2 saturated carbocycles. The fourth-order valence-corrected chi connectivity index (χ4v) is 3.49. The van der Waals surface area contributed by atoms with Gasteiger partial charge in [-0.05, 0) is 50.4 Å². The number of hydrogen-bond acceptors (Lipinski definition) is 2. The van der Waals surface area contributed by atoms with E-state index in [-0.39, 0.29) is 6.10 Å². The Kier molecular flexibility index (Phi) is 5.50. The lowest BCUT2D eigenvalue weighted by atomic mass is 9.73. The first-order valence-corrected chi connectivity index (χ1v) is 8.08. The van der Waals surface area contributed by atoms with Crippen molar-refractivity contribution in [3.63, 3.8) is 0 Å². The predicted octanol–water partition coefficient (Wildman–Crippen LogP) is 3.91. The number of aliphatic hydroxyl groups excluding tert-OH is 1. The second-order valence-electron chi connectivity index (χ2n) is 6.37. The molecule has 1 saturated heterocycles. The second-order valence-corrected chi connectivity index (χ2v) is 6.37. The SMILES string of the molecule is CCCC.OC1CCCC(C2CCC3OC3C2)C1. The summed E-state index contributed by atoms with van der Waals surface area (Å²) in [6.45, 7) is 4.36. The molecule has 0 spiro atoms. The molecule has 0 aromatic heterocycles. The van der Waals surface area contributed by atoms with Crippen LogP contribution >= 0.6 is 0 Å². The summed E-state index contributed by atoms with van der Waals surface area (Å²) in [7, 11) is 0. The van der Waals surface area contributed by atoms with Crippen molar-refractivity contribution in [1.82, 2.24) is 0 Å². The van der Waals surface area contributed by atoms with Crippen molar-refractivity contribution >= 4 is 0 Å². The van der Waals surface area contributed by atoms with Gasteiger partial charge in [0.2, 0.25) is 0 Å². The number of epoxide rings is 1. The zero-order chi connectivity index (χ0) is 13.0. The van der Waals surface area contributed by atoms with E-state index in [4.69, 9.17) is 4.74 Å². The average molecular weight is 254 g/mol. The van der Waals surface area contributed by atoms with Crippen LogP contribution in [0.2, 0.25) is 0 Å². The maximum absolute atomic E-state index is 9.66. The number of aliphatic hydroxyl groups is 1. The van der Waals surface area contributed by atoms with Crippen LogP contribution in [0.5, 0.6) is 0 Å². The fourth-order valence-electron chi connectivity index (χ4n) is 3.49. The monoisotopic (exact) mass is 254 g/mol. The second kappa shape index (κ2) is 6.91. The van der Waals surface area contributed by atoms with Crippen LogP contribution in [-0.4, -0.2) is 23.4 Å². The van der Waals surface area contributed by atoms with Crippen LogP contribution in [0.15, 0.2) is 0 Å². The minimum atomic E-state index is -0.00778. The molecule has 0 aromatic rings. The Bertz CT molecular complexity index is 235. The van der Waals surface area contributed by atoms with Crippen LogP contribution in [0.25, 0.3) is 0 Å². The number of hydrogen-bond donors (Lipinski definition) is 1. The molecular formula is C16H30O2. The van der Waals surface area contributed by atoms with Crippen molar-refractivity contribution in [2.45, 2.75) is 89.9 Å². The maximum Gasteiger partial charge on any atom is 0.0844 e. The van der Waals surface area contributed by atoms with Gasteiger partial charge < -0.3 is 9.84 Å². The lowest BCUT2D eigenvalue weighted by molar-refractivity contribution is 0.0718. The molecule has 0 amide bonds. The van der Waals surface area contributed by atoms with Gasteiger partial charge in [-0.1, -0.05) is 33.1 Å². The van der Waals surface area contributed by atoms with Crippen molar-refractivity contribution in [3.05, 3.63) is 0 Å². The fraction of sp³-hybridized carbons (Fsp3) is 1.00. The van der Waals surface area contributed by atoms with Gasteiger partial charge >= 0.3 is 0 Å². The van der Waals surface area contributed by atoms with Crippen molar-refractivity contribution in [2.24, 2.45) is 11.8 Å². The maximum atomic E-state index is 9.66. The van der Waals surface area contributed by atoms with Crippen molar-refractivity contribution in [1.29, 1.82) is 0 Å². The first kappa shape index (κ1) is 14.3. The molecule has 2 aliphatic carbocycles. The highest BCUT2D eigenvalue weighted by Gasteiger charge is 2.45. The van der Waals surface area contributed by atoms with E-state index in [0.29, 0.717) is 12.2 Å². The smallest absolute Gasteiger partial charge is 0.0844 e. The summed E-state index contributed by atoms with van der Waals surface area (Å²) in [5, 5.41) is 9.66. The highest BCUT2D eigenvalue weighted by Crippen LogP contribution is 2.45. The summed E-state index contributed by atoms with van der Waals surface area (Å²) in [5.74, 6) is 1.65. The van der Waals surface area contributed by atoms with Crippen LogP contribution in [0, 0.1) is 11.8 Å². The lowest BCUT2D eigenvalue weighted by Crippen LogP contribution is -2.28. The summed E-state index contributed by atoms with van der Waals surface area (Å²) >= 11 is 0. The van der Waals surface area contributed by atoms with Gasteiger partial charge in [-0.25, -0.2) is 0 Å². The van der Waals surface area contributed by atoms with E-state index in [2.05, 4.69) is 13.8 Å². The van der Waals surface area contributed by atoms with Gasteiger partial charge in [0, 0.05) is 0 Å². The Morgan fingerprint density at radius 3 is 2.22 bits per heavy atom. The molecule has 5 atom stereocenters. The summed E-state index contributed by atoms with van der Waals surface area (Å²) in [5.41, 5.74) is 0. The molecule has 18 heavy (non-hydrogen) atoms. The molecule has 2 nitrogen and oxygen atoms in total. The molecule has 5 unspecified atom stereocenters. The van der Waals surface area contributed by atoms with Crippen molar-refractivity contribution < 1.29 is 9.84 Å². The quantitative estimate of drug-likeness (QED) is 0.758. The summed E-state index contributed by atoms with van der Waals surface area (Å²) in [6, 6.07) is 0. The Hall–Kier alpha value is -0.0800. The third kappa shape index (κ3) is 3.96. The first-order chi connectivity index (χ1) is 8.74. The molecule has 2 heteroatoms. The number of ether oxygens (including phenoxy) is 1. The van der Waals surface area contributed by atoms with Crippen LogP contribution in [-0.2, 0) is 4.74 Å². The molecule has 1 aliphatic heterocycles. The van der Waals surface area contributed by atoms with Gasteiger partial charge in [0.15, 0.2) is 0 Å². The Morgan fingerprint density at radius 1 is 0.889 bits per heavy atom. The van der Waals surface area contributed by atoms with E-state index in [1.165, 1.54) is 44.9 Å². The Labute approximate surface area is 112 Å². The van der Waals surface area contributed by atoms with E-state index in [1.807, 2.05) is 0 Å². The molecular weight excluding hydrogens is 224 g/mol. The number of fused-ring (bicyclic) bond motifs is 1. The molecule has 0 aromatic carbocycles. The molecule has 0 bridgehead atoms. The number of unbranched alkanes of at least 4 members (excludes halogenated alkanes) is 1. The van der Waals surface area contributed by atoms with Crippen LogP contribution in [0.4, 0.5) is 0 Å². The minimum Gasteiger partial charge on any atom is -0.393 e. The number of rotatable bonds is 2. The van der Waals surface area contributed by atoms with Gasteiger partial charge in [0.1, 0.15) is 0 Å². The van der Waals surface area contributed by atoms with E-state index in [0.717, 1.165) is 24.7 Å². The summed E-state index contributed by atoms with van der Waals surface area (Å²) < 4.78 is 5.56. The highest BCUT2D eigenvalue weighted by atomic mass is 16.6. The Balaban J connectivity index is 0.000000267. The summed E-state index contributed by atoms with van der Waals surface area (Å²) in [6.07, 6.45) is 12.4. The first-order valence-electron chi connectivity index (χ1n) is 8.08. The predicted molar refractivity (Wildman–Crippen MR) is 74.5 cm³/mol. The summed E-state index contributed by atoms with van der Waals surface area (Å²) in [4.78, 5) is 0. The van der Waals surface area contributed by atoms with Crippen LogP contribution in [0.3, 0.4) is 0 Å². The third-order valence-corrected chi connectivity index (χ3v) is 4.90. The highest BCUT2D eigenvalue weighted by molar-refractivity contribution is 4.94. The zero-order valence-corrected chi connectivity index (χ0v) is 12.1. The van der Waals surface area contributed by atoms with Crippen molar-refractivity contribution in [3.8, 4) is 0 Å². The standard InChI is InChI=1S/C12H20O2.C4H10/c13-10-3-1-2-8(6-10)9-4-5-11-12(7-9)14-11;1-3-4-2/h8-13H,1-7H2;3-4H2,1-2H3. The van der Waals surface area contributed by atoms with E-state index >= 15 is 0 Å². The molecule has 3 aliphatic rings. The van der Waals surface area contributed by atoms with Gasteiger partial charge in [-0.2, -0.15) is 0 Å². The van der Waals surface area contributed by atoms with Crippen LogP contribution < -0.4 is 0 Å². The van der Waals surface area contributed by atoms with Gasteiger partial charge in [0.25, 0.3) is 0 Å². The topological polar surface area (TPSA) is 32.8 Å². The Morgan fingerprint density at radius 2 is 1.61 bits per heavy atom. The van der Waals surface area contributed by atoms with Gasteiger partial charge in [0.05, 0.1) is 18.3 Å². The third-order valence-electron chi connectivity index (χ3n) is 4.90. The van der Waals surface area contributed by atoms with Gasteiger partial charge in [-0.3, -0.25) is 0 Å². The van der Waals surface area contributed by atoms with E-state index in [1.54, 1.807) is 0 Å². The molecule has 0 radical (unpaired) electrons. The molecule has 3 fully saturated rings. The normalized spacial score (nSPS) is 42.5. The molecule has 3 rings (SSSR count). The van der Waals surface area contributed by atoms with Crippen LogP contribution in [0.1, 0.15) is 71.6 Å². The minimum absolute atomic E-state index is 0.00778. The largest absolute Gasteiger partial charge is 0.393 e. The molecule has 1 N–H and O–H groups in total. The van der Waals surface area contributed by atoms with E-state index < -0.39 is 0 Å². The van der Waals surface area contributed by atoms with Gasteiger partial charge in [-0.15, -0.1) is 0 Å². The lowest BCUT2D eigenvalue weighted by Gasteiger charge is -2.33. The molecule has 1 heterocycles. The molecule has 106 valence electrons. The average Bonchev–Trinajstić information content (AvgIpc) is 3.17.